The highest BCUT2D eigenvalue weighted by Crippen LogP contribution is 2.21. The van der Waals surface area contributed by atoms with Crippen LogP contribution in [0.25, 0.3) is 16.9 Å². The third-order valence-electron chi connectivity index (χ3n) is 2.58. The summed E-state index contributed by atoms with van der Waals surface area (Å²) in [6, 6.07) is 13.3. The van der Waals surface area contributed by atoms with Crippen molar-refractivity contribution in [1.29, 1.82) is 5.26 Å². The lowest BCUT2D eigenvalue weighted by Crippen LogP contribution is -1.93. The standard InChI is InChI=1S/C13H8N4/c14-9-10-3-1-2-4-11(10)12-6-8-17-13(16-12)5-7-15-17/h1-8H. The third-order valence-corrected chi connectivity index (χ3v) is 2.58. The molecule has 1 aromatic carbocycles. The Labute approximate surface area is 97.8 Å². The fourth-order valence-corrected chi connectivity index (χ4v) is 1.77. The minimum Gasteiger partial charge on any atom is -0.229 e. The summed E-state index contributed by atoms with van der Waals surface area (Å²) in [7, 11) is 0. The Morgan fingerprint density at radius 3 is 2.88 bits per heavy atom. The molecule has 0 saturated carbocycles. The van der Waals surface area contributed by atoms with Crippen LogP contribution >= 0.6 is 0 Å². The van der Waals surface area contributed by atoms with Gasteiger partial charge in [-0.2, -0.15) is 10.4 Å². The van der Waals surface area contributed by atoms with Gasteiger partial charge in [0.15, 0.2) is 5.65 Å². The number of aromatic nitrogens is 3. The van der Waals surface area contributed by atoms with E-state index in [9.17, 15) is 0 Å². The van der Waals surface area contributed by atoms with E-state index >= 15 is 0 Å². The molecule has 0 aliphatic heterocycles. The number of nitrogens with zero attached hydrogens (tertiary/aromatic N) is 4. The maximum atomic E-state index is 9.06. The van der Waals surface area contributed by atoms with Crippen molar-refractivity contribution in [3.05, 3.63) is 54.4 Å². The average molecular weight is 220 g/mol. The largest absolute Gasteiger partial charge is 0.229 e. The topological polar surface area (TPSA) is 54.0 Å². The van der Waals surface area contributed by atoms with Crippen molar-refractivity contribution in [2.75, 3.05) is 0 Å². The van der Waals surface area contributed by atoms with Crippen molar-refractivity contribution in [2.45, 2.75) is 0 Å². The molecular formula is C13H8N4. The molecule has 4 heteroatoms. The number of benzene rings is 1. The van der Waals surface area contributed by atoms with E-state index in [1.54, 1.807) is 16.8 Å². The van der Waals surface area contributed by atoms with E-state index < -0.39 is 0 Å². The number of hydrogen-bond acceptors (Lipinski definition) is 3. The monoisotopic (exact) mass is 220 g/mol. The molecular weight excluding hydrogens is 212 g/mol. The Bertz CT molecular complexity index is 721. The summed E-state index contributed by atoms with van der Waals surface area (Å²) in [5, 5.41) is 13.1. The fraction of sp³-hybridized carbons (Fsp3) is 0. The summed E-state index contributed by atoms with van der Waals surface area (Å²) in [5.41, 5.74) is 3.04. The van der Waals surface area contributed by atoms with Crippen LogP contribution in [0.4, 0.5) is 0 Å². The lowest BCUT2D eigenvalue weighted by atomic mass is 10.1. The van der Waals surface area contributed by atoms with Crippen LogP contribution in [-0.4, -0.2) is 14.6 Å². The molecule has 2 aromatic heterocycles. The molecule has 80 valence electrons. The second kappa shape index (κ2) is 3.72. The maximum absolute atomic E-state index is 9.06. The van der Waals surface area contributed by atoms with Gasteiger partial charge in [0.25, 0.3) is 0 Å². The van der Waals surface area contributed by atoms with Crippen LogP contribution in [0.5, 0.6) is 0 Å². The molecule has 0 atom stereocenters. The van der Waals surface area contributed by atoms with Gasteiger partial charge >= 0.3 is 0 Å². The molecule has 0 radical (unpaired) electrons. The van der Waals surface area contributed by atoms with E-state index in [1.807, 2.05) is 36.5 Å². The molecule has 3 aromatic rings. The van der Waals surface area contributed by atoms with Gasteiger partial charge in [-0.1, -0.05) is 18.2 Å². The number of nitriles is 1. The highest BCUT2D eigenvalue weighted by molar-refractivity contribution is 5.68. The molecule has 3 rings (SSSR count). The van der Waals surface area contributed by atoms with Crippen LogP contribution in [0.3, 0.4) is 0 Å². The summed E-state index contributed by atoms with van der Waals surface area (Å²) in [6.07, 6.45) is 3.54. The Morgan fingerprint density at radius 2 is 2.00 bits per heavy atom. The number of rotatable bonds is 1. The van der Waals surface area contributed by atoms with E-state index in [-0.39, 0.29) is 0 Å². The Kier molecular flexibility index (Phi) is 2.09. The zero-order chi connectivity index (χ0) is 11.7. The first-order valence-corrected chi connectivity index (χ1v) is 5.18. The van der Waals surface area contributed by atoms with Crippen molar-refractivity contribution in [3.8, 4) is 17.3 Å². The molecule has 4 nitrogen and oxygen atoms in total. The zero-order valence-electron chi connectivity index (χ0n) is 8.91. The normalized spacial score (nSPS) is 10.3. The minimum absolute atomic E-state index is 0.629. The minimum atomic E-state index is 0.629. The first-order valence-electron chi connectivity index (χ1n) is 5.18. The predicted molar refractivity (Wildman–Crippen MR) is 63.1 cm³/mol. The van der Waals surface area contributed by atoms with Crippen molar-refractivity contribution >= 4 is 5.65 Å². The second-order valence-electron chi connectivity index (χ2n) is 3.60. The Hall–Kier alpha value is -2.67. The Balaban J connectivity index is 2.23. The molecule has 0 amide bonds. The molecule has 17 heavy (non-hydrogen) atoms. The molecule has 0 aliphatic rings. The Morgan fingerprint density at radius 1 is 1.12 bits per heavy atom. The second-order valence-corrected chi connectivity index (χ2v) is 3.60. The summed E-state index contributed by atoms with van der Waals surface area (Å²) in [4.78, 5) is 4.46. The quantitative estimate of drug-likeness (QED) is 0.632. The van der Waals surface area contributed by atoms with Gasteiger partial charge in [-0.3, -0.25) is 0 Å². The van der Waals surface area contributed by atoms with Gasteiger partial charge < -0.3 is 0 Å². The maximum Gasteiger partial charge on any atom is 0.155 e. The van der Waals surface area contributed by atoms with Crippen molar-refractivity contribution in [3.63, 3.8) is 0 Å². The van der Waals surface area contributed by atoms with E-state index in [1.165, 1.54) is 0 Å². The highest BCUT2D eigenvalue weighted by Gasteiger charge is 2.06. The molecule has 0 bridgehead atoms. The molecule has 0 aliphatic carbocycles. The van der Waals surface area contributed by atoms with Gasteiger partial charge in [-0.05, 0) is 12.1 Å². The van der Waals surface area contributed by atoms with E-state index in [0.29, 0.717) is 5.56 Å². The molecule has 0 spiro atoms. The zero-order valence-corrected chi connectivity index (χ0v) is 8.91. The molecule has 2 heterocycles. The van der Waals surface area contributed by atoms with Crippen LogP contribution in [0.1, 0.15) is 5.56 Å². The SMILES string of the molecule is N#Cc1ccccc1-c1ccn2nccc2n1. The van der Waals surface area contributed by atoms with E-state index in [4.69, 9.17) is 5.26 Å². The fourth-order valence-electron chi connectivity index (χ4n) is 1.77. The van der Waals surface area contributed by atoms with Gasteiger partial charge in [-0.25, -0.2) is 9.50 Å². The third kappa shape index (κ3) is 1.54. The van der Waals surface area contributed by atoms with Crippen LogP contribution in [0, 0.1) is 11.3 Å². The molecule has 0 N–H and O–H groups in total. The van der Waals surface area contributed by atoms with Crippen molar-refractivity contribution in [1.82, 2.24) is 14.6 Å². The van der Waals surface area contributed by atoms with Gasteiger partial charge in [-0.15, -0.1) is 0 Å². The smallest absolute Gasteiger partial charge is 0.155 e. The van der Waals surface area contributed by atoms with Gasteiger partial charge in [0.2, 0.25) is 0 Å². The molecule has 0 unspecified atom stereocenters. The summed E-state index contributed by atoms with van der Waals surface area (Å²) >= 11 is 0. The van der Waals surface area contributed by atoms with Gasteiger partial charge in [0.1, 0.15) is 0 Å². The van der Waals surface area contributed by atoms with Crippen LogP contribution in [0.15, 0.2) is 48.8 Å². The molecule has 0 saturated heterocycles. The lowest BCUT2D eigenvalue weighted by molar-refractivity contribution is 0.941. The first-order chi connectivity index (χ1) is 8.38. The van der Waals surface area contributed by atoms with Gasteiger partial charge in [0, 0.05) is 17.8 Å². The van der Waals surface area contributed by atoms with Crippen LogP contribution in [-0.2, 0) is 0 Å². The summed E-state index contributed by atoms with van der Waals surface area (Å²) < 4.78 is 1.69. The highest BCUT2D eigenvalue weighted by atomic mass is 15.2. The summed E-state index contributed by atoms with van der Waals surface area (Å²) in [6.45, 7) is 0. The van der Waals surface area contributed by atoms with E-state index in [0.717, 1.165) is 16.9 Å². The lowest BCUT2D eigenvalue weighted by Gasteiger charge is -2.03. The van der Waals surface area contributed by atoms with Crippen molar-refractivity contribution < 1.29 is 0 Å². The first kappa shape index (κ1) is 9.55. The van der Waals surface area contributed by atoms with Crippen LogP contribution < -0.4 is 0 Å². The van der Waals surface area contributed by atoms with Gasteiger partial charge in [0.05, 0.1) is 23.5 Å². The number of hydrogen-bond donors (Lipinski definition) is 0. The van der Waals surface area contributed by atoms with Crippen LogP contribution in [0.2, 0.25) is 0 Å². The number of fused-ring (bicyclic) bond motifs is 1. The summed E-state index contributed by atoms with van der Waals surface area (Å²) in [5.74, 6) is 0. The predicted octanol–water partition coefficient (Wildman–Crippen LogP) is 2.27. The van der Waals surface area contributed by atoms with Crippen molar-refractivity contribution in [2.24, 2.45) is 0 Å². The average Bonchev–Trinajstić information content (AvgIpc) is 2.85. The molecule has 0 fully saturated rings. The van der Waals surface area contributed by atoms with E-state index in [2.05, 4.69) is 16.2 Å².